The Labute approximate surface area is 80.6 Å². The first-order valence-corrected chi connectivity index (χ1v) is 5.14. The number of hydrogen-bond acceptors (Lipinski definition) is 3. The van der Waals surface area contributed by atoms with Crippen LogP contribution in [-0.4, -0.2) is 18.6 Å². The summed E-state index contributed by atoms with van der Waals surface area (Å²) in [5, 5.41) is 0. The molecule has 0 aliphatic carbocycles. The van der Waals surface area contributed by atoms with Crippen LogP contribution in [0.5, 0.6) is 0 Å². The van der Waals surface area contributed by atoms with Crippen molar-refractivity contribution in [2.45, 2.75) is 52.0 Å². The molecule has 0 bridgehead atoms. The van der Waals surface area contributed by atoms with Crippen molar-refractivity contribution >= 4 is 5.97 Å². The highest BCUT2D eigenvalue weighted by atomic mass is 16.5. The van der Waals surface area contributed by atoms with Gasteiger partial charge in [0, 0.05) is 0 Å². The average molecular weight is 187 g/mol. The predicted octanol–water partition coefficient (Wildman–Crippen LogP) is 1.85. The van der Waals surface area contributed by atoms with Crippen molar-refractivity contribution in [3.63, 3.8) is 0 Å². The largest absolute Gasteiger partial charge is 0.465 e. The lowest BCUT2D eigenvalue weighted by Crippen LogP contribution is -2.31. The molecule has 0 saturated carbocycles. The summed E-state index contributed by atoms with van der Waals surface area (Å²) in [6.45, 7) is 4.55. The second kappa shape index (κ2) is 8.05. The molecule has 0 amide bonds. The number of unbranched alkanes of at least 4 members (excludes halogenated alkanes) is 3. The summed E-state index contributed by atoms with van der Waals surface area (Å²) in [5.41, 5.74) is 5.48. The van der Waals surface area contributed by atoms with Gasteiger partial charge in [-0.3, -0.25) is 4.79 Å². The Kier molecular flexibility index (Phi) is 7.69. The lowest BCUT2D eigenvalue weighted by Gasteiger charge is -2.08. The van der Waals surface area contributed by atoms with Crippen LogP contribution in [-0.2, 0) is 9.53 Å². The summed E-state index contributed by atoms with van der Waals surface area (Å²) < 4.78 is 4.98. The van der Waals surface area contributed by atoms with Gasteiger partial charge in [0.25, 0.3) is 0 Å². The summed E-state index contributed by atoms with van der Waals surface area (Å²) in [6, 6.07) is -0.439. The topological polar surface area (TPSA) is 52.3 Å². The number of carbonyl (C=O) groups excluding carboxylic acids is 1. The fraction of sp³-hybridized carbons (Fsp3) is 0.900. The quantitative estimate of drug-likeness (QED) is 0.489. The Bertz CT molecular complexity index is 137. The molecular weight excluding hydrogens is 166 g/mol. The maximum absolute atomic E-state index is 11.1. The number of rotatable bonds is 7. The summed E-state index contributed by atoms with van der Waals surface area (Å²) in [7, 11) is 0. The van der Waals surface area contributed by atoms with Gasteiger partial charge in [0.1, 0.15) is 6.04 Å². The van der Waals surface area contributed by atoms with E-state index in [4.69, 9.17) is 10.5 Å². The van der Waals surface area contributed by atoms with E-state index >= 15 is 0 Å². The van der Waals surface area contributed by atoms with Crippen molar-refractivity contribution in [2.24, 2.45) is 5.73 Å². The fourth-order valence-corrected chi connectivity index (χ4v) is 0.975. The molecule has 3 heteroatoms. The molecule has 0 aromatic carbocycles. The average Bonchev–Trinajstić information content (AvgIpc) is 2.16. The molecule has 0 aromatic heterocycles. The molecule has 13 heavy (non-hydrogen) atoms. The summed E-state index contributed by atoms with van der Waals surface area (Å²) in [6.07, 6.45) is 5.13. The SMILES string of the molecule is CCCCCCOC(=O)[C@H](N)CC. The molecule has 3 nitrogen and oxygen atoms in total. The molecule has 0 rings (SSSR count). The van der Waals surface area contributed by atoms with Crippen LogP contribution in [0.25, 0.3) is 0 Å². The summed E-state index contributed by atoms with van der Waals surface area (Å²) >= 11 is 0. The van der Waals surface area contributed by atoms with Crippen LogP contribution in [0.15, 0.2) is 0 Å². The van der Waals surface area contributed by atoms with Crippen molar-refractivity contribution < 1.29 is 9.53 Å². The van der Waals surface area contributed by atoms with E-state index in [2.05, 4.69) is 6.92 Å². The van der Waals surface area contributed by atoms with Crippen LogP contribution in [0.2, 0.25) is 0 Å². The van der Waals surface area contributed by atoms with Crippen LogP contribution in [0, 0.1) is 0 Å². The number of ether oxygens (including phenoxy) is 1. The van der Waals surface area contributed by atoms with Crippen molar-refractivity contribution in [1.82, 2.24) is 0 Å². The lowest BCUT2D eigenvalue weighted by molar-refractivity contribution is -0.145. The first kappa shape index (κ1) is 12.4. The number of hydrogen-bond donors (Lipinski definition) is 1. The van der Waals surface area contributed by atoms with Gasteiger partial charge in [-0.1, -0.05) is 33.1 Å². The molecule has 0 spiro atoms. The Morgan fingerprint density at radius 2 is 2.00 bits per heavy atom. The standard InChI is InChI=1S/C10H21NO2/c1-3-5-6-7-8-13-10(12)9(11)4-2/h9H,3-8,11H2,1-2H3/t9-/m1/s1. The van der Waals surface area contributed by atoms with E-state index < -0.39 is 6.04 Å². The molecule has 0 heterocycles. The summed E-state index contributed by atoms with van der Waals surface area (Å²) in [5.74, 6) is -0.265. The third-order valence-corrected chi connectivity index (χ3v) is 1.98. The first-order chi connectivity index (χ1) is 6.22. The molecule has 2 N–H and O–H groups in total. The van der Waals surface area contributed by atoms with E-state index in [9.17, 15) is 4.79 Å². The van der Waals surface area contributed by atoms with Crippen molar-refractivity contribution in [2.75, 3.05) is 6.61 Å². The maximum Gasteiger partial charge on any atom is 0.322 e. The van der Waals surface area contributed by atoms with E-state index in [1.54, 1.807) is 0 Å². The normalized spacial score (nSPS) is 12.5. The third kappa shape index (κ3) is 6.58. The van der Waals surface area contributed by atoms with Gasteiger partial charge in [0.2, 0.25) is 0 Å². The van der Waals surface area contributed by atoms with Gasteiger partial charge in [-0.05, 0) is 12.8 Å². The highest BCUT2D eigenvalue weighted by molar-refractivity contribution is 5.75. The van der Waals surface area contributed by atoms with Crippen molar-refractivity contribution in [3.05, 3.63) is 0 Å². The zero-order valence-corrected chi connectivity index (χ0v) is 8.71. The Balaban J connectivity index is 3.27. The van der Waals surface area contributed by atoms with Gasteiger partial charge in [0.15, 0.2) is 0 Å². The van der Waals surface area contributed by atoms with Crippen LogP contribution in [0.4, 0.5) is 0 Å². The second-order valence-electron chi connectivity index (χ2n) is 3.24. The maximum atomic E-state index is 11.1. The van der Waals surface area contributed by atoms with Gasteiger partial charge in [-0.15, -0.1) is 0 Å². The number of carbonyl (C=O) groups is 1. The molecule has 0 aliphatic rings. The molecule has 0 saturated heterocycles. The zero-order chi connectivity index (χ0) is 10.1. The highest BCUT2D eigenvalue weighted by Gasteiger charge is 2.11. The molecule has 0 aliphatic heterocycles. The van der Waals surface area contributed by atoms with E-state index in [1.807, 2.05) is 6.92 Å². The monoisotopic (exact) mass is 187 g/mol. The van der Waals surface area contributed by atoms with Crippen LogP contribution >= 0.6 is 0 Å². The molecule has 0 aromatic rings. The van der Waals surface area contributed by atoms with Crippen LogP contribution < -0.4 is 5.73 Å². The van der Waals surface area contributed by atoms with Gasteiger partial charge in [-0.2, -0.15) is 0 Å². The van der Waals surface area contributed by atoms with Gasteiger partial charge >= 0.3 is 5.97 Å². The van der Waals surface area contributed by atoms with E-state index in [-0.39, 0.29) is 5.97 Å². The van der Waals surface area contributed by atoms with Gasteiger partial charge in [-0.25, -0.2) is 0 Å². The van der Waals surface area contributed by atoms with E-state index in [1.165, 1.54) is 12.8 Å². The minimum atomic E-state index is -0.439. The Morgan fingerprint density at radius 1 is 1.31 bits per heavy atom. The van der Waals surface area contributed by atoms with Crippen LogP contribution in [0.1, 0.15) is 46.0 Å². The van der Waals surface area contributed by atoms with Crippen molar-refractivity contribution in [3.8, 4) is 0 Å². The lowest BCUT2D eigenvalue weighted by atomic mass is 10.2. The van der Waals surface area contributed by atoms with Gasteiger partial charge < -0.3 is 10.5 Å². The Morgan fingerprint density at radius 3 is 2.54 bits per heavy atom. The molecule has 1 atom stereocenters. The smallest absolute Gasteiger partial charge is 0.322 e. The molecule has 0 radical (unpaired) electrons. The Hall–Kier alpha value is -0.570. The van der Waals surface area contributed by atoms with E-state index in [0.717, 1.165) is 12.8 Å². The number of esters is 1. The minimum Gasteiger partial charge on any atom is -0.465 e. The first-order valence-electron chi connectivity index (χ1n) is 5.14. The minimum absolute atomic E-state index is 0.265. The number of nitrogens with two attached hydrogens (primary N) is 1. The summed E-state index contributed by atoms with van der Waals surface area (Å²) in [4.78, 5) is 11.1. The van der Waals surface area contributed by atoms with Gasteiger partial charge in [0.05, 0.1) is 6.61 Å². The second-order valence-corrected chi connectivity index (χ2v) is 3.24. The molecule has 78 valence electrons. The molecular formula is C10H21NO2. The fourth-order valence-electron chi connectivity index (χ4n) is 0.975. The van der Waals surface area contributed by atoms with Crippen molar-refractivity contribution in [1.29, 1.82) is 0 Å². The molecule has 0 unspecified atom stereocenters. The zero-order valence-electron chi connectivity index (χ0n) is 8.71. The molecule has 0 fully saturated rings. The van der Waals surface area contributed by atoms with Crippen LogP contribution in [0.3, 0.4) is 0 Å². The van der Waals surface area contributed by atoms with E-state index in [0.29, 0.717) is 13.0 Å². The third-order valence-electron chi connectivity index (χ3n) is 1.98. The predicted molar refractivity (Wildman–Crippen MR) is 53.4 cm³/mol. The highest BCUT2D eigenvalue weighted by Crippen LogP contribution is 2.00.